The predicted molar refractivity (Wildman–Crippen MR) is 112 cm³/mol. The van der Waals surface area contributed by atoms with Crippen LogP contribution in [0, 0.1) is 10.8 Å². The van der Waals surface area contributed by atoms with E-state index in [9.17, 15) is 9.59 Å². The third-order valence-electron chi connectivity index (χ3n) is 6.97. The number of hydrogen-bond acceptors (Lipinski definition) is 5. The number of hydrogen-bond donors (Lipinski definition) is 2. The third kappa shape index (κ3) is 4.55. The molecule has 2 fully saturated rings. The summed E-state index contributed by atoms with van der Waals surface area (Å²) in [7, 11) is 0. The van der Waals surface area contributed by atoms with Gasteiger partial charge in [0, 0.05) is 19.1 Å². The van der Waals surface area contributed by atoms with Crippen LogP contribution in [0.4, 0.5) is 0 Å². The van der Waals surface area contributed by atoms with E-state index in [4.69, 9.17) is 4.74 Å². The van der Waals surface area contributed by atoms with Crippen LogP contribution in [0.15, 0.2) is 4.79 Å². The summed E-state index contributed by atoms with van der Waals surface area (Å²) >= 11 is 0. The molecule has 7 nitrogen and oxygen atoms in total. The van der Waals surface area contributed by atoms with Gasteiger partial charge in [0.15, 0.2) is 5.69 Å². The first-order chi connectivity index (χ1) is 13.8. The van der Waals surface area contributed by atoms with E-state index in [-0.39, 0.29) is 22.8 Å². The fraction of sp³-hybridized carbons (Fsp3) is 0.818. The monoisotopic (exact) mass is 404 g/mol. The minimum atomic E-state index is -0.427. The van der Waals surface area contributed by atoms with E-state index in [1.807, 2.05) is 6.92 Å². The molecule has 162 valence electrons. The zero-order valence-electron chi connectivity index (χ0n) is 18.3. The van der Waals surface area contributed by atoms with Crippen molar-refractivity contribution in [2.75, 3.05) is 13.2 Å². The molecule has 2 N–H and O–H groups in total. The number of aromatic nitrogens is 3. The van der Waals surface area contributed by atoms with Crippen LogP contribution in [0.25, 0.3) is 0 Å². The molecule has 3 rings (SSSR count). The molecule has 0 aromatic carbocycles. The number of aromatic amines is 1. The number of rotatable bonds is 5. The van der Waals surface area contributed by atoms with Gasteiger partial charge in [-0.3, -0.25) is 9.59 Å². The Morgan fingerprint density at radius 3 is 2.41 bits per heavy atom. The van der Waals surface area contributed by atoms with Crippen molar-refractivity contribution in [2.45, 2.75) is 91.0 Å². The molecule has 2 heterocycles. The Bertz CT molecular complexity index is 756. The van der Waals surface area contributed by atoms with Gasteiger partial charge in [0.05, 0.1) is 11.5 Å². The highest BCUT2D eigenvalue weighted by molar-refractivity contribution is 5.84. The molecule has 0 spiro atoms. The lowest BCUT2D eigenvalue weighted by atomic mass is 9.58. The van der Waals surface area contributed by atoms with E-state index in [1.165, 1.54) is 6.42 Å². The molecule has 1 saturated carbocycles. The summed E-state index contributed by atoms with van der Waals surface area (Å²) in [5.41, 5.74) is -0.486. The Kier molecular flexibility index (Phi) is 6.76. The Morgan fingerprint density at radius 2 is 1.86 bits per heavy atom. The van der Waals surface area contributed by atoms with Crippen molar-refractivity contribution in [3.05, 3.63) is 21.9 Å². The average molecular weight is 405 g/mol. The van der Waals surface area contributed by atoms with Crippen LogP contribution in [-0.2, 0) is 9.53 Å². The molecular formula is C22H36N4O3. The molecule has 1 saturated heterocycles. The summed E-state index contributed by atoms with van der Waals surface area (Å²) in [4.78, 5) is 29.1. The van der Waals surface area contributed by atoms with E-state index >= 15 is 0 Å². The molecule has 1 aromatic rings. The van der Waals surface area contributed by atoms with E-state index in [0.29, 0.717) is 31.2 Å². The fourth-order valence-corrected chi connectivity index (χ4v) is 4.87. The lowest BCUT2D eigenvalue weighted by Crippen LogP contribution is -2.51. The van der Waals surface area contributed by atoms with E-state index in [1.54, 1.807) is 0 Å². The smallest absolute Gasteiger partial charge is 0.275 e. The first-order valence-electron chi connectivity index (χ1n) is 11.1. The molecule has 1 atom stereocenters. The predicted octanol–water partition coefficient (Wildman–Crippen LogP) is 3.62. The van der Waals surface area contributed by atoms with E-state index < -0.39 is 11.5 Å². The standard InChI is InChI=1S/C22H36N4O3/c1-5-16(23-20(28)22(21(2,3)4)11-7-6-8-12-22)17-19(27)24-18(26-25-17)15-9-13-29-14-10-15/h15-16H,5-14H2,1-4H3,(H,23,28)(H,24,26,27). The highest BCUT2D eigenvalue weighted by Crippen LogP contribution is 2.50. The second-order valence-corrected chi connectivity index (χ2v) is 9.64. The summed E-state index contributed by atoms with van der Waals surface area (Å²) in [6, 6.07) is -0.427. The fourth-order valence-electron chi connectivity index (χ4n) is 4.87. The van der Waals surface area contributed by atoms with Gasteiger partial charge >= 0.3 is 0 Å². The molecule has 1 aliphatic carbocycles. The number of ether oxygens (including phenoxy) is 1. The maximum Gasteiger partial charge on any atom is 0.275 e. The first kappa shape index (κ1) is 21.9. The molecule has 29 heavy (non-hydrogen) atoms. The normalized spacial score (nSPS) is 21.5. The number of nitrogens with zero attached hydrogens (tertiary/aromatic N) is 2. The topological polar surface area (TPSA) is 97.0 Å². The van der Waals surface area contributed by atoms with Crippen molar-refractivity contribution in [1.82, 2.24) is 20.5 Å². The van der Waals surface area contributed by atoms with Crippen LogP contribution in [0.3, 0.4) is 0 Å². The third-order valence-corrected chi connectivity index (χ3v) is 6.97. The van der Waals surface area contributed by atoms with Crippen molar-refractivity contribution in [3.63, 3.8) is 0 Å². The van der Waals surface area contributed by atoms with Gasteiger partial charge in [0.2, 0.25) is 5.91 Å². The minimum Gasteiger partial charge on any atom is -0.381 e. The molecule has 1 aromatic heterocycles. The zero-order valence-corrected chi connectivity index (χ0v) is 18.3. The summed E-state index contributed by atoms with van der Waals surface area (Å²) in [5.74, 6) is 0.854. The van der Waals surface area contributed by atoms with Crippen molar-refractivity contribution >= 4 is 5.91 Å². The zero-order chi connectivity index (χ0) is 21.1. The van der Waals surface area contributed by atoms with Crippen LogP contribution in [-0.4, -0.2) is 34.3 Å². The van der Waals surface area contributed by atoms with Gasteiger partial charge < -0.3 is 15.0 Å². The van der Waals surface area contributed by atoms with Gasteiger partial charge in [-0.25, -0.2) is 0 Å². The summed E-state index contributed by atoms with van der Waals surface area (Å²) in [6.45, 7) is 9.76. The summed E-state index contributed by atoms with van der Waals surface area (Å²) < 4.78 is 5.38. The molecule has 1 unspecified atom stereocenters. The highest BCUT2D eigenvalue weighted by atomic mass is 16.5. The van der Waals surface area contributed by atoms with Gasteiger partial charge in [0.25, 0.3) is 5.56 Å². The van der Waals surface area contributed by atoms with Gasteiger partial charge in [-0.1, -0.05) is 47.0 Å². The number of carbonyl (C=O) groups is 1. The quantitative estimate of drug-likeness (QED) is 0.781. The summed E-state index contributed by atoms with van der Waals surface area (Å²) in [6.07, 6.45) is 7.38. The largest absolute Gasteiger partial charge is 0.381 e. The maximum absolute atomic E-state index is 13.4. The Hall–Kier alpha value is -1.76. The number of amides is 1. The number of H-pyrrole nitrogens is 1. The molecule has 0 bridgehead atoms. The maximum atomic E-state index is 13.4. The van der Waals surface area contributed by atoms with Crippen molar-refractivity contribution < 1.29 is 9.53 Å². The van der Waals surface area contributed by atoms with Crippen molar-refractivity contribution in [3.8, 4) is 0 Å². The minimum absolute atomic E-state index is 0.0475. The van der Waals surface area contributed by atoms with Gasteiger partial charge in [0.1, 0.15) is 5.82 Å². The van der Waals surface area contributed by atoms with Crippen LogP contribution in [0.1, 0.15) is 103 Å². The second-order valence-electron chi connectivity index (χ2n) is 9.64. The van der Waals surface area contributed by atoms with Gasteiger partial charge in [-0.2, -0.15) is 0 Å². The van der Waals surface area contributed by atoms with Crippen LogP contribution in [0.5, 0.6) is 0 Å². The summed E-state index contributed by atoms with van der Waals surface area (Å²) in [5, 5.41) is 11.7. The lowest BCUT2D eigenvalue weighted by molar-refractivity contribution is -0.141. The Balaban J connectivity index is 1.80. The molecule has 1 amide bonds. The van der Waals surface area contributed by atoms with Crippen molar-refractivity contribution in [2.24, 2.45) is 10.8 Å². The molecule has 1 aliphatic heterocycles. The lowest BCUT2D eigenvalue weighted by Gasteiger charge is -2.46. The van der Waals surface area contributed by atoms with E-state index in [0.717, 1.165) is 38.5 Å². The number of carbonyl (C=O) groups excluding carboxylic acids is 1. The Morgan fingerprint density at radius 1 is 1.21 bits per heavy atom. The van der Waals surface area contributed by atoms with E-state index in [2.05, 4.69) is 41.3 Å². The molecule has 2 aliphatic rings. The second kappa shape index (κ2) is 8.94. The molecule has 7 heteroatoms. The average Bonchev–Trinajstić information content (AvgIpc) is 2.72. The number of nitrogens with one attached hydrogen (secondary N) is 2. The highest BCUT2D eigenvalue weighted by Gasteiger charge is 2.49. The van der Waals surface area contributed by atoms with Gasteiger partial charge in [-0.05, 0) is 37.5 Å². The SMILES string of the molecule is CCC(NC(=O)C1(C(C)(C)C)CCCCC1)c1nnc(C2CCOCC2)[nH]c1=O. The van der Waals surface area contributed by atoms with Crippen LogP contribution >= 0.6 is 0 Å². The van der Waals surface area contributed by atoms with Crippen LogP contribution in [0.2, 0.25) is 0 Å². The van der Waals surface area contributed by atoms with Crippen LogP contribution < -0.4 is 10.9 Å². The molecule has 0 radical (unpaired) electrons. The van der Waals surface area contributed by atoms with Gasteiger partial charge in [-0.15, -0.1) is 10.2 Å². The van der Waals surface area contributed by atoms with Crippen molar-refractivity contribution in [1.29, 1.82) is 0 Å². The first-order valence-corrected chi connectivity index (χ1v) is 11.1. The molecular weight excluding hydrogens is 368 g/mol. The Labute approximate surface area is 173 Å².